The highest BCUT2D eigenvalue weighted by Crippen LogP contribution is 2.27. The predicted molar refractivity (Wildman–Crippen MR) is 135 cm³/mol. The summed E-state index contributed by atoms with van der Waals surface area (Å²) in [6.45, 7) is 4.77. The Bertz CT molecular complexity index is 1320. The number of aromatic nitrogens is 2. The number of benzene rings is 3. The van der Waals surface area contributed by atoms with E-state index in [0.29, 0.717) is 22.6 Å². The molecular formula is C27H27N3O2S. The number of nitrogens with one attached hydrogen (secondary N) is 1. The van der Waals surface area contributed by atoms with E-state index in [2.05, 4.69) is 19.2 Å². The number of rotatable bonds is 8. The smallest absolute Gasteiger partial charge is 0.266 e. The van der Waals surface area contributed by atoms with Crippen LogP contribution in [-0.4, -0.2) is 27.8 Å². The van der Waals surface area contributed by atoms with Gasteiger partial charge >= 0.3 is 0 Å². The summed E-state index contributed by atoms with van der Waals surface area (Å²) in [5.41, 5.74) is 3.56. The fourth-order valence-electron chi connectivity index (χ4n) is 3.77. The van der Waals surface area contributed by atoms with Crippen LogP contribution in [0.5, 0.6) is 0 Å². The fraction of sp³-hybridized carbons (Fsp3) is 0.222. The minimum absolute atomic E-state index is 0.0815. The van der Waals surface area contributed by atoms with Gasteiger partial charge in [-0.25, -0.2) is 4.98 Å². The number of hydrogen-bond donors (Lipinski definition) is 1. The number of fused-ring (bicyclic) bond motifs is 1. The van der Waals surface area contributed by atoms with Crippen LogP contribution in [0.15, 0.2) is 88.8 Å². The minimum atomic E-state index is -0.124. The second-order valence-electron chi connectivity index (χ2n) is 8.14. The van der Waals surface area contributed by atoms with Crippen molar-refractivity contribution in [3.63, 3.8) is 0 Å². The molecule has 0 radical (unpaired) electrons. The van der Waals surface area contributed by atoms with Crippen LogP contribution in [0.4, 0.5) is 0 Å². The van der Waals surface area contributed by atoms with Crippen molar-refractivity contribution in [2.24, 2.45) is 0 Å². The van der Waals surface area contributed by atoms with Crippen LogP contribution >= 0.6 is 11.8 Å². The third-order valence-corrected chi connectivity index (χ3v) is 6.39. The lowest BCUT2D eigenvalue weighted by Crippen LogP contribution is -2.28. The average Bonchev–Trinajstić information content (AvgIpc) is 2.83. The number of carbonyl (C=O) groups is 1. The van der Waals surface area contributed by atoms with Gasteiger partial charge in [0, 0.05) is 6.54 Å². The summed E-state index contributed by atoms with van der Waals surface area (Å²) in [6.07, 6.45) is 0.776. The predicted octanol–water partition coefficient (Wildman–Crippen LogP) is 4.96. The van der Waals surface area contributed by atoms with Crippen LogP contribution in [0.3, 0.4) is 0 Å². The number of hydrogen-bond acceptors (Lipinski definition) is 4. The molecular weight excluding hydrogens is 430 g/mol. The first-order valence-electron chi connectivity index (χ1n) is 11.1. The van der Waals surface area contributed by atoms with Crippen molar-refractivity contribution in [2.45, 2.75) is 31.3 Å². The summed E-state index contributed by atoms with van der Waals surface area (Å²) in [5.74, 6) is 0.337. The summed E-state index contributed by atoms with van der Waals surface area (Å²) in [7, 11) is 0. The zero-order chi connectivity index (χ0) is 23.2. The molecule has 4 rings (SSSR count). The molecule has 6 heteroatoms. The molecule has 0 bridgehead atoms. The van der Waals surface area contributed by atoms with Gasteiger partial charge in [-0.15, -0.1) is 0 Å². The van der Waals surface area contributed by atoms with Crippen molar-refractivity contribution >= 4 is 28.6 Å². The molecule has 0 aliphatic heterocycles. The van der Waals surface area contributed by atoms with Crippen molar-refractivity contribution in [3.05, 3.63) is 100 Å². The Balaban J connectivity index is 1.60. The van der Waals surface area contributed by atoms with Gasteiger partial charge in [0.05, 0.1) is 22.3 Å². The second-order valence-corrected chi connectivity index (χ2v) is 9.08. The van der Waals surface area contributed by atoms with Crippen molar-refractivity contribution < 1.29 is 4.79 Å². The van der Waals surface area contributed by atoms with E-state index < -0.39 is 0 Å². The number of carbonyl (C=O) groups excluding carboxylic acids is 1. The Kier molecular flexibility index (Phi) is 7.25. The maximum atomic E-state index is 13.5. The van der Waals surface area contributed by atoms with Crippen molar-refractivity contribution in [1.29, 1.82) is 0 Å². The molecule has 168 valence electrons. The van der Waals surface area contributed by atoms with Crippen molar-refractivity contribution in [2.75, 3.05) is 12.3 Å². The van der Waals surface area contributed by atoms with E-state index in [1.807, 2.05) is 72.8 Å². The largest absolute Gasteiger partial charge is 0.355 e. The topological polar surface area (TPSA) is 64.0 Å². The summed E-state index contributed by atoms with van der Waals surface area (Å²) < 4.78 is 1.65. The lowest BCUT2D eigenvalue weighted by Gasteiger charge is -2.18. The number of amides is 1. The molecule has 4 aromatic rings. The zero-order valence-electron chi connectivity index (χ0n) is 18.8. The van der Waals surface area contributed by atoms with E-state index >= 15 is 0 Å². The van der Waals surface area contributed by atoms with Crippen LogP contribution in [-0.2, 0) is 11.2 Å². The number of nitrogens with zero attached hydrogens (tertiary/aromatic N) is 2. The SMILES string of the molecule is CC(C)c1ccccc1-n1c(SCC(=O)NCCc2ccccc2)nc2ccccc2c1=O. The van der Waals surface area contributed by atoms with Crippen LogP contribution in [0.2, 0.25) is 0 Å². The molecule has 0 atom stereocenters. The normalized spacial score (nSPS) is 11.1. The van der Waals surface area contributed by atoms with Gasteiger partial charge in [0.2, 0.25) is 5.91 Å². The van der Waals surface area contributed by atoms with Gasteiger partial charge < -0.3 is 5.32 Å². The fourth-order valence-corrected chi connectivity index (χ4v) is 4.61. The molecule has 1 N–H and O–H groups in total. The second kappa shape index (κ2) is 10.5. The number of thioether (sulfide) groups is 1. The van der Waals surface area contributed by atoms with E-state index in [9.17, 15) is 9.59 Å². The summed E-state index contributed by atoms with van der Waals surface area (Å²) in [6, 6.07) is 25.3. The van der Waals surface area contributed by atoms with E-state index in [-0.39, 0.29) is 23.1 Å². The van der Waals surface area contributed by atoms with Gasteiger partial charge in [-0.05, 0) is 41.7 Å². The summed E-state index contributed by atoms with van der Waals surface area (Å²) in [5, 5.41) is 4.05. The molecule has 1 aromatic heterocycles. The van der Waals surface area contributed by atoms with Crippen LogP contribution in [0.1, 0.15) is 30.9 Å². The molecule has 1 amide bonds. The van der Waals surface area contributed by atoms with E-state index in [4.69, 9.17) is 4.98 Å². The molecule has 1 heterocycles. The third-order valence-electron chi connectivity index (χ3n) is 5.46. The lowest BCUT2D eigenvalue weighted by atomic mass is 10.0. The highest BCUT2D eigenvalue weighted by atomic mass is 32.2. The highest BCUT2D eigenvalue weighted by molar-refractivity contribution is 7.99. The van der Waals surface area contributed by atoms with Gasteiger partial charge in [0.15, 0.2) is 5.16 Å². The van der Waals surface area contributed by atoms with Crippen molar-refractivity contribution in [1.82, 2.24) is 14.9 Å². The lowest BCUT2D eigenvalue weighted by molar-refractivity contribution is -0.118. The molecule has 0 saturated heterocycles. The van der Waals surface area contributed by atoms with Crippen LogP contribution in [0, 0.1) is 0 Å². The molecule has 0 fully saturated rings. The van der Waals surface area contributed by atoms with Crippen molar-refractivity contribution in [3.8, 4) is 5.69 Å². The maximum absolute atomic E-state index is 13.5. The molecule has 0 spiro atoms. The maximum Gasteiger partial charge on any atom is 0.266 e. The van der Waals surface area contributed by atoms with E-state index in [1.165, 1.54) is 17.3 Å². The zero-order valence-corrected chi connectivity index (χ0v) is 19.6. The molecule has 5 nitrogen and oxygen atoms in total. The quantitative estimate of drug-likeness (QED) is 0.300. The summed E-state index contributed by atoms with van der Waals surface area (Å²) in [4.78, 5) is 30.8. The Hall–Kier alpha value is -3.38. The van der Waals surface area contributed by atoms with Gasteiger partial charge in [-0.1, -0.05) is 86.3 Å². The molecule has 0 saturated carbocycles. The molecule has 0 aliphatic carbocycles. The Morgan fingerprint density at radius 2 is 1.67 bits per heavy atom. The average molecular weight is 458 g/mol. The molecule has 0 unspecified atom stereocenters. The highest BCUT2D eigenvalue weighted by Gasteiger charge is 2.17. The Morgan fingerprint density at radius 3 is 2.45 bits per heavy atom. The molecule has 0 aliphatic rings. The van der Waals surface area contributed by atoms with Crippen LogP contribution < -0.4 is 10.9 Å². The first-order chi connectivity index (χ1) is 16.0. The molecule has 33 heavy (non-hydrogen) atoms. The number of para-hydroxylation sites is 2. The third kappa shape index (κ3) is 5.34. The standard InChI is InChI=1S/C27H27N3O2S/c1-19(2)21-12-7-9-15-24(21)30-26(32)22-13-6-8-14-23(22)29-27(30)33-18-25(31)28-17-16-20-10-4-3-5-11-20/h3-15,19H,16-18H2,1-2H3,(H,28,31). The van der Waals surface area contributed by atoms with Gasteiger partial charge in [-0.3, -0.25) is 14.2 Å². The van der Waals surface area contributed by atoms with E-state index in [0.717, 1.165) is 17.7 Å². The molecule has 3 aromatic carbocycles. The first-order valence-corrected chi connectivity index (χ1v) is 12.1. The van der Waals surface area contributed by atoms with Gasteiger partial charge in [0.25, 0.3) is 5.56 Å². The van der Waals surface area contributed by atoms with Gasteiger partial charge in [-0.2, -0.15) is 0 Å². The Morgan fingerprint density at radius 1 is 0.970 bits per heavy atom. The monoisotopic (exact) mass is 457 g/mol. The van der Waals surface area contributed by atoms with Gasteiger partial charge in [0.1, 0.15) is 0 Å². The van der Waals surface area contributed by atoms with E-state index in [1.54, 1.807) is 10.6 Å². The first kappa shape index (κ1) is 22.8. The Labute approximate surface area is 197 Å². The summed E-state index contributed by atoms with van der Waals surface area (Å²) >= 11 is 1.29. The van der Waals surface area contributed by atoms with Crippen LogP contribution in [0.25, 0.3) is 16.6 Å². The minimum Gasteiger partial charge on any atom is -0.355 e.